The monoisotopic (exact) mass is 288 g/mol. The normalized spacial score (nSPS) is 10.8. The summed E-state index contributed by atoms with van der Waals surface area (Å²) in [5, 5.41) is 5.07. The summed E-state index contributed by atoms with van der Waals surface area (Å²) in [6.07, 6.45) is 0.998. The fourth-order valence-electron chi connectivity index (χ4n) is 1.93. The smallest absolute Gasteiger partial charge is 0.183 e. The van der Waals surface area contributed by atoms with Crippen LogP contribution in [0.25, 0.3) is 10.2 Å². The van der Waals surface area contributed by atoms with Crippen molar-refractivity contribution in [2.75, 3.05) is 11.9 Å². The first-order chi connectivity index (χ1) is 9.31. The van der Waals surface area contributed by atoms with Crippen LogP contribution in [0.3, 0.4) is 0 Å². The molecular weight excluding hydrogens is 276 g/mol. The van der Waals surface area contributed by atoms with Gasteiger partial charge in [-0.2, -0.15) is 0 Å². The van der Waals surface area contributed by atoms with E-state index in [9.17, 15) is 0 Å². The zero-order valence-corrected chi connectivity index (χ0v) is 11.8. The third-order valence-corrected chi connectivity index (χ3v) is 4.09. The van der Waals surface area contributed by atoms with Crippen LogP contribution in [-0.2, 0) is 6.42 Å². The molecule has 0 saturated heterocycles. The molecule has 96 valence electrons. The number of rotatable bonds is 4. The van der Waals surface area contributed by atoms with Crippen molar-refractivity contribution in [2.45, 2.75) is 6.42 Å². The number of anilines is 1. The number of hydrogen-bond donors (Lipinski definition) is 1. The Morgan fingerprint density at radius 3 is 2.79 bits per heavy atom. The largest absolute Gasteiger partial charge is 0.361 e. The SMILES string of the molecule is Clc1ccc2nc(NCCc3ccccc3)sc2c1. The Balaban J connectivity index is 1.65. The first kappa shape index (κ1) is 12.5. The Hall–Kier alpha value is -1.58. The molecule has 0 atom stereocenters. The third kappa shape index (κ3) is 3.06. The van der Waals surface area contributed by atoms with E-state index >= 15 is 0 Å². The predicted molar refractivity (Wildman–Crippen MR) is 83.3 cm³/mol. The molecule has 0 aliphatic heterocycles. The Morgan fingerprint density at radius 1 is 1.11 bits per heavy atom. The summed E-state index contributed by atoms with van der Waals surface area (Å²) in [6, 6.07) is 16.2. The van der Waals surface area contributed by atoms with Crippen molar-refractivity contribution in [2.24, 2.45) is 0 Å². The lowest BCUT2D eigenvalue weighted by molar-refractivity contribution is 1.02. The third-order valence-electron chi connectivity index (χ3n) is 2.88. The maximum absolute atomic E-state index is 5.97. The topological polar surface area (TPSA) is 24.9 Å². The number of benzene rings is 2. The molecule has 1 aromatic heterocycles. The van der Waals surface area contributed by atoms with Crippen LogP contribution in [0.5, 0.6) is 0 Å². The van der Waals surface area contributed by atoms with Crippen molar-refractivity contribution in [1.29, 1.82) is 0 Å². The van der Waals surface area contributed by atoms with Gasteiger partial charge < -0.3 is 5.32 Å². The molecule has 0 radical (unpaired) electrons. The molecule has 3 rings (SSSR count). The van der Waals surface area contributed by atoms with Gasteiger partial charge in [0.25, 0.3) is 0 Å². The van der Waals surface area contributed by atoms with E-state index in [1.54, 1.807) is 11.3 Å². The molecule has 19 heavy (non-hydrogen) atoms. The van der Waals surface area contributed by atoms with Crippen LogP contribution in [-0.4, -0.2) is 11.5 Å². The molecule has 4 heteroatoms. The summed E-state index contributed by atoms with van der Waals surface area (Å²) >= 11 is 7.61. The first-order valence-corrected chi connectivity index (χ1v) is 7.34. The fraction of sp³-hybridized carbons (Fsp3) is 0.133. The van der Waals surface area contributed by atoms with Crippen molar-refractivity contribution in [3.05, 3.63) is 59.1 Å². The van der Waals surface area contributed by atoms with Gasteiger partial charge in [0, 0.05) is 11.6 Å². The van der Waals surface area contributed by atoms with E-state index in [1.807, 2.05) is 24.3 Å². The minimum Gasteiger partial charge on any atom is -0.361 e. The number of aromatic nitrogens is 1. The van der Waals surface area contributed by atoms with E-state index < -0.39 is 0 Å². The highest BCUT2D eigenvalue weighted by atomic mass is 35.5. The highest BCUT2D eigenvalue weighted by molar-refractivity contribution is 7.22. The summed E-state index contributed by atoms with van der Waals surface area (Å²) in [4.78, 5) is 4.53. The zero-order chi connectivity index (χ0) is 13.1. The summed E-state index contributed by atoms with van der Waals surface area (Å²) < 4.78 is 1.12. The molecule has 3 aromatic rings. The van der Waals surface area contributed by atoms with E-state index in [4.69, 9.17) is 11.6 Å². The van der Waals surface area contributed by atoms with Gasteiger partial charge in [-0.3, -0.25) is 0 Å². The molecule has 0 fully saturated rings. The van der Waals surface area contributed by atoms with E-state index in [1.165, 1.54) is 5.56 Å². The maximum atomic E-state index is 5.97. The number of thiazole rings is 1. The van der Waals surface area contributed by atoms with Gasteiger partial charge in [0.05, 0.1) is 10.2 Å². The predicted octanol–water partition coefficient (Wildman–Crippen LogP) is 4.60. The number of nitrogens with zero attached hydrogens (tertiary/aromatic N) is 1. The van der Waals surface area contributed by atoms with Gasteiger partial charge in [0.2, 0.25) is 0 Å². The van der Waals surface area contributed by atoms with Crippen molar-refractivity contribution >= 4 is 38.3 Å². The summed E-state index contributed by atoms with van der Waals surface area (Å²) in [6.45, 7) is 0.886. The molecule has 0 aliphatic rings. The van der Waals surface area contributed by atoms with Gasteiger partial charge in [-0.1, -0.05) is 53.3 Å². The first-order valence-electron chi connectivity index (χ1n) is 6.15. The van der Waals surface area contributed by atoms with Gasteiger partial charge in [-0.05, 0) is 30.2 Å². The molecule has 0 amide bonds. The second-order valence-corrected chi connectivity index (χ2v) is 5.76. The standard InChI is InChI=1S/C15H13ClN2S/c16-12-6-7-13-14(10-12)19-15(18-13)17-9-8-11-4-2-1-3-5-11/h1-7,10H,8-9H2,(H,17,18). The molecule has 0 aliphatic carbocycles. The van der Waals surface area contributed by atoms with Gasteiger partial charge in [-0.25, -0.2) is 4.98 Å². The molecule has 1 N–H and O–H groups in total. The number of halogens is 1. The van der Waals surface area contributed by atoms with Crippen LogP contribution in [0.15, 0.2) is 48.5 Å². The molecule has 2 nitrogen and oxygen atoms in total. The molecule has 0 spiro atoms. The van der Waals surface area contributed by atoms with Crippen LogP contribution in [0.2, 0.25) is 5.02 Å². The van der Waals surface area contributed by atoms with Crippen LogP contribution in [0.1, 0.15) is 5.56 Å². The molecular formula is C15H13ClN2S. The highest BCUT2D eigenvalue weighted by Gasteiger charge is 2.03. The van der Waals surface area contributed by atoms with Crippen molar-refractivity contribution in [3.8, 4) is 0 Å². The molecule has 0 saturated carbocycles. The molecule has 1 heterocycles. The van der Waals surface area contributed by atoms with E-state index in [-0.39, 0.29) is 0 Å². The lowest BCUT2D eigenvalue weighted by atomic mass is 10.2. The number of nitrogens with one attached hydrogen (secondary N) is 1. The van der Waals surface area contributed by atoms with Crippen molar-refractivity contribution < 1.29 is 0 Å². The van der Waals surface area contributed by atoms with Crippen LogP contribution < -0.4 is 5.32 Å². The Kier molecular flexibility index (Phi) is 3.67. The highest BCUT2D eigenvalue weighted by Crippen LogP contribution is 2.28. The van der Waals surface area contributed by atoms with Crippen molar-refractivity contribution in [3.63, 3.8) is 0 Å². The van der Waals surface area contributed by atoms with Gasteiger partial charge in [0.1, 0.15) is 0 Å². The lowest BCUT2D eigenvalue weighted by Crippen LogP contribution is -2.04. The maximum Gasteiger partial charge on any atom is 0.183 e. The number of fused-ring (bicyclic) bond motifs is 1. The molecule has 2 aromatic carbocycles. The minimum atomic E-state index is 0.756. The van der Waals surface area contributed by atoms with Crippen LogP contribution in [0, 0.1) is 0 Å². The summed E-state index contributed by atoms with van der Waals surface area (Å²) in [5.74, 6) is 0. The zero-order valence-electron chi connectivity index (χ0n) is 10.3. The fourth-order valence-corrected chi connectivity index (χ4v) is 3.10. The van der Waals surface area contributed by atoms with Gasteiger partial charge in [0.15, 0.2) is 5.13 Å². The minimum absolute atomic E-state index is 0.756. The average Bonchev–Trinajstić information content (AvgIpc) is 2.82. The van der Waals surface area contributed by atoms with E-state index in [0.29, 0.717) is 0 Å². The molecule has 0 bridgehead atoms. The van der Waals surface area contributed by atoms with Crippen LogP contribution >= 0.6 is 22.9 Å². The summed E-state index contributed by atoms with van der Waals surface area (Å²) in [5.41, 5.74) is 2.33. The Morgan fingerprint density at radius 2 is 1.95 bits per heavy atom. The Bertz CT molecular complexity index is 679. The lowest BCUT2D eigenvalue weighted by Gasteiger charge is -2.02. The quantitative estimate of drug-likeness (QED) is 0.759. The second-order valence-electron chi connectivity index (χ2n) is 4.29. The van der Waals surface area contributed by atoms with Gasteiger partial charge >= 0.3 is 0 Å². The van der Waals surface area contributed by atoms with Crippen molar-refractivity contribution in [1.82, 2.24) is 4.98 Å². The van der Waals surface area contributed by atoms with E-state index in [2.05, 4.69) is 34.6 Å². The second kappa shape index (κ2) is 5.59. The average molecular weight is 289 g/mol. The van der Waals surface area contributed by atoms with Gasteiger partial charge in [-0.15, -0.1) is 0 Å². The Labute approximate surface area is 121 Å². The summed E-state index contributed by atoms with van der Waals surface area (Å²) in [7, 11) is 0. The number of hydrogen-bond acceptors (Lipinski definition) is 3. The van der Waals surface area contributed by atoms with Crippen LogP contribution in [0.4, 0.5) is 5.13 Å². The van der Waals surface area contributed by atoms with E-state index in [0.717, 1.165) is 33.3 Å². The molecule has 0 unspecified atom stereocenters.